The smallest absolute Gasteiger partial charge is 0.187 e. The summed E-state index contributed by atoms with van der Waals surface area (Å²) in [6.07, 6.45) is 3.43. The van der Waals surface area contributed by atoms with E-state index >= 15 is 0 Å². The van der Waals surface area contributed by atoms with Crippen LogP contribution in [0.4, 0.5) is 0 Å². The molecule has 6 heteroatoms. The monoisotopic (exact) mass is 167 g/mol. The lowest BCUT2D eigenvalue weighted by Gasteiger charge is -2.08. The Balaban J connectivity index is 2.35. The van der Waals surface area contributed by atoms with Gasteiger partial charge in [-0.05, 0) is 11.5 Å². The van der Waals surface area contributed by atoms with E-state index in [0.717, 1.165) is 5.04 Å². The SMILES string of the molecule is CSC1=NC=NC2=NN=NC21. The lowest BCUT2D eigenvalue weighted by molar-refractivity contribution is 1.01. The fourth-order valence-electron chi connectivity index (χ4n) is 0.866. The van der Waals surface area contributed by atoms with Crippen molar-refractivity contribution in [1.82, 2.24) is 0 Å². The van der Waals surface area contributed by atoms with E-state index in [9.17, 15) is 0 Å². The van der Waals surface area contributed by atoms with Crippen LogP contribution >= 0.6 is 11.8 Å². The molecule has 0 spiro atoms. The summed E-state index contributed by atoms with van der Waals surface area (Å²) in [5.41, 5.74) is 0. The van der Waals surface area contributed by atoms with Crippen molar-refractivity contribution < 1.29 is 0 Å². The van der Waals surface area contributed by atoms with Crippen LogP contribution in [0.15, 0.2) is 25.4 Å². The summed E-state index contributed by atoms with van der Waals surface area (Å²) in [4.78, 5) is 7.97. The number of fused-ring (bicyclic) bond motifs is 1. The Kier molecular flexibility index (Phi) is 1.54. The van der Waals surface area contributed by atoms with Crippen LogP contribution in [0, 0.1) is 0 Å². The van der Waals surface area contributed by atoms with E-state index in [1.54, 1.807) is 11.8 Å². The Labute approximate surface area is 67.4 Å². The molecule has 0 aliphatic carbocycles. The number of amidine groups is 1. The van der Waals surface area contributed by atoms with Gasteiger partial charge in [0.2, 0.25) is 0 Å². The first kappa shape index (κ1) is 6.66. The molecule has 0 aromatic rings. The summed E-state index contributed by atoms with van der Waals surface area (Å²) in [6, 6.07) is -0.130. The minimum atomic E-state index is -0.130. The Morgan fingerprint density at radius 2 is 2.45 bits per heavy atom. The lowest BCUT2D eigenvalue weighted by atomic mass is 10.3. The molecule has 0 aromatic heterocycles. The third-order valence-electron chi connectivity index (χ3n) is 1.38. The second-order valence-electron chi connectivity index (χ2n) is 1.98. The third-order valence-corrected chi connectivity index (χ3v) is 2.12. The molecule has 0 N–H and O–H groups in total. The van der Waals surface area contributed by atoms with Crippen LogP contribution in [0.5, 0.6) is 0 Å². The van der Waals surface area contributed by atoms with Crippen LogP contribution in [0.1, 0.15) is 0 Å². The van der Waals surface area contributed by atoms with E-state index < -0.39 is 0 Å². The Hall–Kier alpha value is -1.04. The maximum absolute atomic E-state index is 4.04. The molecule has 0 saturated heterocycles. The van der Waals surface area contributed by atoms with Gasteiger partial charge < -0.3 is 0 Å². The van der Waals surface area contributed by atoms with Crippen LogP contribution in [0.3, 0.4) is 0 Å². The number of hydrogen-bond donors (Lipinski definition) is 0. The minimum absolute atomic E-state index is 0.130. The first-order valence-electron chi connectivity index (χ1n) is 3.04. The summed E-state index contributed by atoms with van der Waals surface area (Å²) in [6.45, 7) is 0. The standard InChI is InChI=1S/C5H5N5S/c1-11-5-3-4(6-2-7-5)9-10-8-3/h2-3H,1H3. The van der Waals surface area contributed by atoms with E-state index in [0.29, 0.717) is 5.84 Å². The summed E-state index contributed by atoms with van der Waals surface area (Å²) < 4.78 is 0. The number of aliphatic imine (C=N–C) groups is 2. The first-order chi connectivity index (χ1) is 5.42. The molecular weight excluding hydrogens is 162 g/mol. The van der Waals surface area contributed by atoms with Crippen LogP contribution in [0.2, 0.25) is 0 Å². The third kappa shape index (κ3) is 0.988. The van der Waals surface area contributed by atoms with Gasteiger partial charge in [0.25, 0.3) is 0 Å². The lowest BCUT2D eigenvalue weighted by Crippen LogP contribution is -2.25. The largest absolute Gasteiger partial charge is 0.232 e. The topological polar surface area (TPSA) is 61.8 Å². The number of hydrogen-bond acceptors (Lipinski definition) is 6. The molecule has 0 amide bonds. The normalized spacial score (nSPS) is 26.5. The summed E-state index contributed by atoms with van der Waals surface area (Å²) in [7, 11) is 0. The zero-order valence-electron chi connectivity index (χ0n) is 5.80. The number of rotatable bonds is 0. The first-order valence-corrected chi connectivity index (χ1v) is 4.26. The van der Waals surface area contributed by atoms with Gasteiger partial charge in [0.1, 0.15) is 11.4 Å². The maximum atomic E-state index is 4.04. The molecule has 0 aromatic carbocycles. The van der Waals surface area contributed by atoms with Gasteiger partial charge in [-0.3, -0.25) is 0 Å². The molecule has 0 bridgehead atoms. The van der Waals surface area contributed by atoms with E-state index in [1.165, 1.54) is 6.34 Å². The van der Waals surface area contributed by atoms with Gasteiger partial charge in [-0.25, -0.2) is 9.98 Å². The fraction of sp³-hybridized carbons (Fsp3) is 0.400. The quantitative estimate of drug-likeness (QED) is 0.529. The highest BCUT2D eigenvalue weighted by molar-refractivity contribution is 8.13. The summed E-state index contributed by atoms with van der Waals surface area (Å²) in [5, 5.41) is 12.0. The van der Waals surface area contributed by atoms with E-state index in [2.05, 4.69) is 25.4 Å². The molecule has 11 heavy (non-hydrogen) atoms. The van der Waals surface area contributed by atoms with Crippen molar-refractivity contribution in [3.05, 3.63) is 0 Å². The molecule has 0 saturated carbocycles. The van der Waals surface area contributed by atoms with Gasteiger partial charge in [-0.15, -0.1) is 16.9 Å². The number of thioether (sulfide) groups is 1. The Bertz CT molecular complexity index is 289. The van der Waals surface area contributed by atoms with Gasteiger partial charge in [0.15, 0.2) is 11.9 Å². The van der Waals surface area contributed by atoms with Gasteiger partial charge in [0, 0.05) is 0 Å². The van der Waals surface area contributed by atoms with Gasteiger partial charge >= 0.3 is 0 Å². The highest BCUT2D eigenvalue weighted by atomic mass is 32.2. The van der Waals surface area contributed by atoms with E-state index in [-0.39, 0.29) is 6.04 Å². The fourth-order valence-corrected chi connectivity index (χ4v) is 1.39. The molecule has 2 rings (SSSR count). The van der Waals surface area contributed by atoms with Crippen molar-refractivity contribution >= 4 is 29.0 Å². The van der Waals surface area contributed by atoms with Crippen molar-refractivity contribution in [2.45, 2.75) is 6.04 Å². The Morgan fingerprint density at radius 1 is 1.55 bits per heavy atom. The highest BCUT2D eigenvalue weighted by Crippen LogP contribution is 2.17. The van der Waals surface area contributed by atoms with Crippen molar-refractivity contribution in [3.63, 3.8) is 0 Å². The van der Waals surface area contributed by atoms with Crippen molar-refractivity contribution in [1.29, 1.82) is 0 Å². The zero-order chi connectivity index (χ0) is 7.68. The predicted molar refractivity (Wildman–Crippen MR) is 45.5 cm³/mol. The second kappa shape index (κ2) is 2.54. The average molecular weight is 167 g/mol. The zero-order valence-corrected chi connectivity index (χ0v) is 6.62. The van der Waals surface area contributed by atoms with E-state index in [1.807, 2.05) is 6.26 Å². The molecule has 2 aliphatic heterocycles. The molecule has 0 fully saturated rings. The van der Waals surface area contributed by atoms with Gasteiger partial charge in [0.05, 0.1) is 0 Å². The molecule has 1 atom stereocenters. The minimum Gasteiger partial charge on any atom is -0.232 e. The van der Waals surface area contributed by atoms with Gasteiger partial charge in [-0.2, -0.15) is 5.11 Å². The Morgan fingerprint density at radius 3 is 3.27 bits per heavy atom. The maximum Gasteiger partial charge on any atom is 0.187 e. The molecular formula is C5H5N5S. The average Bonchev–Trinajstić information content (AvgIpc) is 2.50. The predicted octanol–water partition coefficient (Wildman–Crippen LogP) is 0.938. The van der Waals surface area contributed by atoms with Crippen molar-refractivity contribution in [2.24, 2.45) is 25.4 Å². The van der Waals surface area contributed by atoms with Crippen LogP contribution in [-0.4, -0.2) is 29.5 Å². The molecule has 2 heterocycles. The molecule has 5 nitrogen and oxygen atoms in total. The molecule has 56 valence electrons. The molecule has 1 unspecified atom stereocenters. The van der Waals surface area contributed by atoms with Crippen LogP contribution in [0.25, 0.3) is 0 Å². The van der Waals surface area contributed by atoms with E-state index in [4.69, 9.17) is 0 Å². The van der Waals surface area contributed by atoms with Crippen LogP contribution in [-0.2, 0) is 0 Å². The van der Waals surface area contributed by atoms with Crippen molar-refractivity contribution in [3.8, 4) is 0 Å². The summed E-state index contributed by atoms with van der Waals surface area (Å²) >= 11 is 1.55. The molecule has 2 aliphatic rings. The van der Waals surface area contributed by atoms with Gasteiger partial charge in [-0.1, -0.05) is 0 Å². The summed E-state index contributed by atoms with van der Waals surface area (Å²) in [5.74, 6) is 0.643. The van der Waals surface area contributed by atoms with Crippen molar-refractivity contribution in [2.75, 3.05) is 6.26 Å². The molecule has 0 radical (unpaired) electrons. The second-order valence-corrected chi connectivity index (χ2v) is 2.81. The highest BCUT2D eigenvalue weighted by Gasteiger charge is 2.26. The van der Waals surface area contributed by atoms with Crippen LogP contribution < -0.4 is 0 Å². The number of nitrogens with zero attached hydrogens (tertiary/aromatic N) is 5.